The Morgan fingerprint density at radius 1 is 1.27 bits per heavy atom. The Morgan fingerprint density at radius 3 is 2.73 bits per heavy atom. The number of ether oxygens (including phenoxy) is 3. The quantitative estimate of drug-likeness (QED) is 0.648. The number of carbonyl (C=O) groups excluding carboxylic acids is 2. The molecule has 2 aromatic rings. The van der Waals surface area contributed by atoms with Gasteiger partial charge in [-0.05, 0) is 19.1 Å². The number of halogens is 1. The van der Waals surface area contributed by atoms with Gasteiger partial charge in [0.05, 0.1) is 13.7 Å². The molecule has 0 aliphatic carbocycles. The molecule has 8 nitrogen and oxygen atoms in total. The molecule has 0 bridgehead atoms. The second-order valence-corrected chi connectivity index (χ2v) is 5.66. The van der Waals surface area contributed by atoms with E-state index >= 15 is 0 Å². The molecule has 140 valence electrons. The summed E-state index contributed by atoms with van der Waals surface area (Å²) in [5.41, 5.74) is 0.0680. The van der Waals surface area contributed by atoms with Gasteiger partial charge in [-0.1, -0.05) is 16.8 Å². The van der Waals surface area contributed by atoms with Crippen LogP contribution in [-0.2, 0) is 16.1 Å². The molecule has 0 fully saturated rings. The third kappa shape index (κ3) is 5.13. The minimum absolute atomic E-state index is 0.0415. The average molecular weight is 383 g/mol. The van der Waals surface area contributed by atoms with E-state index in [9.17, 15) is 9.59 Å². The monoisotopic (exact) mass is 382 g/mol. The van der Waals surface area contributed by atoms with Gasteiger partial charge in [-0.3, -0.25) is 9.59 Å². The molecule has 0 saturated heterocycles. The van der Waals surface area contributed by atoms with Crippen molar-refractivity contribution >= 4 is 23.5 Å². The Morgan fingerprint density at radius 2 is 2.04 bits per heavy atom. The van der Waals surface area contributed by atoms with Crippen LogP contribution < -0.4 is 9.47 Å². The predicted octanol–water partition coefficient (Wildman–Crippen LogP) is 2.55. The molecule has 1 aromatic carbocycles. The minimum atomic E-state index is -0.495. The Kier molecular flexibility index (Phi) is 6.85. The van der Waals surface area contributed by atoms with Crippen molar-refractivity contribution in [2.24, 2.45) is 0 Å². The summed E-state index contributed by atoms with van der Waals surface area (Å²) in [6.07, 6.45) is 0. The van der Waals surface area contributed by atoms with E-state index in [0.717, 1.165) is 0 Å². The number of benzene rings is 1. The number of nitrogens with zero attached hydrogens (tertiary/aromatic N) is 2. The van der Waals surface area contributed by atoms with Crippen LogP contribution in [0.15, 0.2) is 28.8 Å². The van der Waals surface area contributed by atoms with Crippen LogP contribution in [0.3, 0.4) is 0 Å². The first-order valence-electron chi connectivity index (χ1n) is 7.77. The van der Waals surface area contributed by atoms with E-state index < -0.39 is 11.9 Å². The Hall–Kier alpha value is -2.74. The van der Waals surface area contributed by atoms with Crippen molar-refractivity contribution in [3.8, 4) is 11.5 Å². The molecule has 1 amide bonds. The second-order valence-electron chi connectivity index (χ2n) is 5.23. The van der Waals surface area contributed by atoms with E-state index in [1.165, 1.54) is 25.1 Å². The van der Waals surface area contributed by atoms with Crippen LogP contribution in [0, 0.1) is 0 Å². The van der Waals surface area contributed by atoms with Gasteiger partial charge in [0, 0.05) is 24.2 Å². The van der Waals surface area contributed by atoms with Crippen molar-refractivity contribution in [2.45, 2.75) is 13.5 Å². The van der Waals surface area contributed by atoms with E-state index in [1.54, 1.807) is 25.1 Å². The van der Waals surface area contributed by atoms with Gasteiger partial charge in [-0.15, -0.1) is 0 Å². The fourth-order valence-corrected chi connectivity index (χ4v) is 2.22. The van der Waals surface area contributed by atoms with Gasteiger partial charge >= 0.3 is 5.97 Å². The molecular weight excluding hydrogens is 364 g/mol. The fraction of sp³-hybridized carbons (Fsp3) is 0.353. The maximum absolute atomic E-state index is 12.2. The smallest absolute Gasteiger partial charge is 0.325 e. The standard InChI is InChI=1S/C17H19ClN2O6/c1-4-24-16(21)9-20(2)17(22)13-8-12(26-19-13)10-25-14-6-5-11(18)7-15(14)23-3/h5-8H,4,9-10H2,1-3H3. The first-order chi connectivity index (χ1) is 12.4. The van der Waals surface area contributed by atoms with Crippen LogP contribution in [0.1, 0.15) is 23.2 Å². The summed E-state index contributed by atoms with van der Waals surface area (Å²) < 4.78 is 20.7. The van der Waals surface area contributed by atoms with Crippen molar-refractivity contribution in [2.75, 3.05) is 27.3 Å². The molecule has 0 atom stereocenters. The largest absolute Gasteiger partial charge is 0.493 e. The van der Waals surface area contributed by atoms with Crippen LogP contribution >= 0.6 is 11.6 Å². The molecule has 0 saturated carbocycles. The summed E-state index contributed by atoms with van der Waals surface area (Å²) in [6, 6.07) is 6.40. The molecule has 0 unspecified atom stereocenters. The van der Waals surface area contributed by atoms with E-state index in [4.69, 9.17) is 30.3 Å². The average Bonchev–Trinajstić information content (AvgIpc) is 3.08. The number of methoxy groups -OCH3 is 1. The number of hydrogen-bond donors (Lipinski definition) is 0. The Balaban J connectivity index is 1.97. The van der Waals surface area contributed by atoms with Crippen LogP contribution in [-0.4, -0.2) is 49.2 Å². The lowest BCUT2D eigenvalue weighted by molar-refractivity contribution is -0.143. The normalized spacial score (nSPS) is 10.3. The summed E-state index contributed by atoms with van der Waals surface area (Å²) in [6.45, 7) is 1.81. The lowest BCUT2D eigenvalue weighted by Gasteiger charge is -2.13. The molecule has 1 aromatic heterocycles. The minimum Gasteiger partial charge on any atom is -0.493 e. The SMILES string of the molecule is CCOC(=O)CN(C)C(=O)c1cc(COc2ccc(Cl)cc2OC)on1. The van der Waals surface area contributed by atoms with Gasteiger partial charge in [0.25, 0.3) is 5.91 Å². The number of amides is 1. The molecule has 2 rings (SSSR count). The molecule has 26 heavy (non-hydrogen) atoms. The maximum atomic E-state index is 12.2. The predicted molar refractivity (Wildman–Crippen MR) is 92.4 cm³/mol. The third-order valence-corrected chi connectivity index (χ3v) is 3.53. The number of esters is 1. The summed E-state index contributed by atoms with van der Waals surface area (Å²) >= 11 is 5.90. The zero-order chi connectivity index (χ0) is 19.1. The third-order valence-electron chi connectivity index (χ3n) is 3.29. The number of aromatic nitrogens is 1. The summed E-state index contributed by atoms with van der Waals surface area (Å²) in [4.78, 5) is 24.9. The van der Waals surface area contributed by atoms with Crippen LogP contribution in [0.5, 0.6) is 11.5 Å². The molecular formula is C17H19ClN2O6. The summed E-state index contributed by atoms with van der Waals surface area (Å²) in [5.74, 6) is 0.334. The van der Waals surface area contributed by atoms with Crippen molar-refractivity contribution < 1.29 is 28.3 Å². The van der Waals surface area contributed by atoms with E-state index in [2.05, 4.69) is 5.16 Å². The highest BCUT2D eigenvalue weighted by Crippen LogP contribution is 2.30. The second kappa shape index (κ2) is 9.10. The van der Waals surface area contributed by atoms with Crippen LogP contribution in [0.2, 0.25) is 5.02 Å². The molecule has 0 N–H and O–H groups in total. The molecule has 1 heterocycles. The van der Waals surface area contributed by atoms with Gasteiger partial charge in [-0.25, -0.2) is 0 Å². The molecule has 0 aliphatic rings. The van der Waals surface area contributed by atoms with Crippen molar-refractivity contribution in [1.29, 1.82) is 0 Å². The van der Waals surface area contributed by atoms with E-state index in [1.807, 2.05) is 0 Å². The first kappa shape index (κ1) is 19.6. The van der Waals surface area contributed by atoms with Gasteiger partial charge in [-0.2, -0.15) is 0 Å². The molecule has 0 spiro atoms. The van der Waals surface area contributed by atoms with Gasteiger partial charge < -0.3 is 23.6 Å². The molecule has 0 radical (unpaired) electrons. The van der Waals surface area contributed by atoms with E-state index in [0.29, 0.717) is 22.3 Å². The highest BCUT2D eigenvalue weighted by molar-refractivity contribution is 6.30. The van der Waals surface area contributed by atoms with Crippen molar-refractivity contribution in [1.82, 2.24) is 10.1 Å². The van der Waals surface area contributed by atoms with Crippen LogP contribution in [0.4, 0.5) is 0 Å². The first-order valence-corrected chi connectivity index (χ1v) is 8.15. The lowest BCUT2D eigenvalue weighted by Crippen LogP contribution is -2.33. The molecule has 9 heteroatoms. The maximum Gasteiger partial charge on any atom is 0.325 e. The number of rotatable bonds is 8. The number of carbonyl (C=O) groups is 2. The van der Waals surface area contributed by atoms with Gasteiger partial charge in [0.1, 0.15) is 13.2 Å². The Labute approximate surface area is 155 Å². The summed E-state index contributed by atoms with van der Waals surface area (Å²) in [5, 5.41) is 4.23. The zero-order valence-corrected chi connectivity index (χ0v) is 15.4. The van der Waals surface area contributed by atoms with Gasteiger partial charge in [0.15, 0.2) is 23.0 Å². The highest BCUT2D eigenvalue weighted by atomic mass is 35.5. The Bertz CT molecular complexity index is 776. The van der Waals surface area contributed by atoms with Crippen molar-refractivity contribution in [3.05, 3.63) is 40.7 Å². The summed E-state index contributed by atoms with van der Waals surface area (Å²) in [7, 11) is 2.98. The number of likely N-dealkylation sites (N-methyl/N-ethyl adjacent to an activating group) is 1. The number of hydrogen-bond acceptors (Lipinski definition) is 7. The topological polar surface area (TPSA) is 91.1 Å². The highest BCUT2D eigenvalue weighted by Gasteiger charge is 2.20. The van der Waals surface area contributed by atoms with Gasteiger partial charge in [0.2, 0.25) is 0 Å². The van der Waals surface area contributed by atoms with Crippen LogP contribution in [0.25, 0.3) is 0 Å². The molecule has 0 aliphatic heterocycles. The lowest BCUT2D eigenvalue weighted by atomic mass is 10.3. The fourth-order valence-electron chi connectivity index (χ4n) is 2.06. The zero-order valence-electron chi connectivity index (χ0n) is 14.7. The van der Waals surface area contributed by atoms with Crippen molar-refractivity contribution in [3.63, 3.8) is 0 Å². The van der Waals surface area contributed by atoms with E-state index in [-0.39, 0.29) is 25.5 Å².